The van der Waals surface area contributed by atoms with Crippen LogP contribution in [0.2, 0.25) is 0 Å². The number of amides is 1. The Morgan fingerprint density at radius 2 is 1.93 bits per heavy atom. The van der Waals surface area contributed by atoms with Crippen molar-refractivity contribution in [1.82, 2.24) is 14.9 Å². The zero-order valence-electron chi connectivity index (χ0n) is 17.9. The van der Waals surface area contributed by atoms with Gasteiger partial charge in [-0.15, -0.1) is 0 Å². The average Bonchev–Trinajstić information content (AvgIpc) is 3.09. The topological polar surface area (TPSA) is 56.2 Å². The molecule has 1 amide bonds. The number of ether oxygens (including phenoxy) is 1. The third kappa shape index (κ3) is 5.17. The molecule has 1 aromatic heterocycles. The molecule has 1 unspecified atom stereocenters. The molecule has 0 fully saturated rings. The summed E-state index contributed by atoms with van der Waals surface area (Å²) in [4.78, 5) is 16.6. The van der Waals surface area contributed by atoms with Gasteiger partial charge in [0.2, 0.25) is 5.91 Å². The molecule has 5 nitrogen and oxygen atoms in total. The zero-order chi connectivity index (χ0) is 20.8. The highest BCUT2D eigenvalue weighted by Crippen LogP contribution is 2.22. The van der Waals surface area contributed by atoms with Gasteiger partial charge in [0, 0.05) is 13.0 Å². The number of unbranched alkanes of at least 4 members (excludes halogenated alkanes) is 1. The molecule has 2 aromatic carbocycles. The van der Waals surface area contributed by atoms with Crippen molar-refractivity contribution in [2.75, 3.05) is 6.61 Å². The molecule has 0 bridgehead atoms. The van der Waals surface area contributed by atoms with Crippen molar-refractivity contribution in [2.45, 2.75) is 59.5 Å². The number of hydrogen-bond acceptors (Lipinski definition) is 3. The third-order valence-electron chi connectivity index (χ3n) is 5.29. The Labute approximate surface area is 173 Å². The monoisotopic (exact) mass is 393 g/mol. The molecular weight excluding hydrogens is 362 g/mol. The van der Waals surface area contributed by atoms with Gasteiger partial charge >= 0.3 is 0 Å². The second kappa shape index (κ2) is 9.59. The lowest BCUT2D eigenvalue weighted by molar-refractivity contribution is -0.121. The predicted octanol–water partition coefficient (Wildman–Crippen LogP) is 5.10. The molecule has 0 aliphatic heterocycles. The molecule has 0 aliphatic carbocycles. The van der Waals surface area contributed by atoms with Crippen LogP contribution in [-0.4, -0.2) is 22.1 Å². The van der Waals surface area contributed by atoms with E-state index in [1.54, 1.807) is 0 Å². The number of aromatic nitrogens is 2. The highest BCUT2D eigenvalue weighted by Gasteiger charge is 2.17. The summed E-state index contributed by atoms with van der Waals surface area (Å²) in [5.41, 5.74) is 4.60. The Bertz CT molecular complexity index is 977. The van der Waals surface area contributed by atoms with Crippen molar-refractivity contribution in [3.8, 4) is 5.75 Å². The Morgan fingerprint density at radius 3 is 2.69 bits per heavy atom. The number of hydrogen-bond donors (Lipinski definition) is 1. The van der Waals surface area contributed by atoms with E-state index in [1.165, 1.54) is 11.1 Å². The van der Waals surface area contributed by atoms with Gasteiger partial charge in [-0.3, -0.25) is 4.79 Å². The average molecular weight is 394 g/mol. The molecule has 1 N–H and O–H groups in total. The fourth-order valence-electron chi connectivity index (χ4n) is 3.43. The van der Waals surface area contributed by atoms with E-state index in [0.29, 0.717) is 13.0 Å². The normalized spacial score (nSPS) is 12.1. The van der Waals surface area contributed by atoms with Gasteiger partial charge in [0.25, 0.3) is 0 Å². The minimum absolute atomic E-state index is 0.0397. The van der Waals surface area contributed by atoms with Gasteiger partial charge < -0.3 is 14.6 Å². The number of carbonyl (C=O) groups is 1. The molecule has 3 aromatic rings. The first-order valence-corrected chi connectivity index (χ1v) is 10.4. The lowest BCUT2D eigenvalue weighted by Crippen LogP contribution is -2.28. The molecule has 5 heteroatoms. The van der Waals surface area contributed by atoms with E-state index < -0.39 is 0 Å². The van der Waals surface area contributed by atoms with Gasteiger partial charge in [-0.2, -0.15) is 0 Å². The number of fused-ring (bicyclic) bond motifs is 1. The highest BCUT2D eigenvalue weighted by atomic mass is 16.5. The number of rotatable bonds is 9. The van der Waals surface area contributed by atoms with E-state index >= 15 is 0 Å². The van der Waals surface area contributed by atoms with E-state index in [9.17, 15) is 4.79 Å². The fourth-order valence-corrected chi connectivity index (χ4v) is 3.43. The minimum atomic E-state index is -0.123. The quantitative estimate of drug-likeness (QED) is 0.515. The third-order valence-corrected chi connectivity index (χ3v) is 5.29. The Kier molecular flexibility index (Phi) is 6.91. The Hall–Kier alpha value is -2.82. The van der Waals surface area contributed by atoms with E-state index in [4.69, 9.17) is 9.72 Å². The minimum Gasteiger partial charge on any atom is -0.494 e. The first kappa shape index (κ1) is 20.9. The number of aryl methyl sites for hydroxylation is 3. The molecule has 0 saturated carbocycles. The van der Waals surface area contributed by atoms with E-state index in [-0.39, 0.29) is 11.9 Å². The summed E-state index contributed by atoms with van der Waals surface area (Å²) in [5, 5.41) is 3.03. The van der Waals surface area contributed by atoms with Crippen LogP contribution in [0.15, 0.2) is 42.5 Å². The molecule has 29 heavy (non-hydrogen) atoms. The van der Waals surface area contributed by atoms with Gasteiger partial charge in [-0.05, 0) is 69.0 Å². The lowest BCUT2D eigenvalue weighted by Gasteiger charge is -2.16. The maximum atomic E-state index is 11.8. The van der Waals surface area contributed by atoms with E-state index in [1.807, 2.05) is 38.1 Å². The maximum absolute atomic E-state index is 11.8. The van der Waals surface area contributed by atoms with Crippen LogP contribution in [0.4, 0.5) is 0 Å². The van der Waals surface area contributed by atoms with Crippen molar-refractivity contribution in [3.63, 3.8) is 0 Å². The molecule has 3 rings (SSSR count). The van der Waals surface area contributed by atoms with Crippen molar-refractivity contribution < 1.29 is 9.53 Å². The van der Waals surface area contributed by atoms with Gasteiger partial charge in [0.05, 0.1) is 23.7 Å². The van der Waals surface area contributed by atoms with Crippen molar-refractivity contribution in [1.29, 1.82) is 0 Å². The molecule has 0 saturated heterocycles. The molecule has 154 valence electrons. The SMILES string of the molecule is CCC(=O)NC(C)c1nc2ccccc2n1CCCCOc1ccc(C)c(C)c1. The largest absolute Gasteiger partial charge is 0.494 e. The van der Waals surface area contributed by atoms with E-state index in [0.717, 1.165) is 42.0 Å². The number of nitrogens with one attached hydrogen (secondary N) is 1. The first-order chi connectivity index (χ1) is 14.0. The lowest BCUT2D eigenvalue weighted by atomic mass is 10.1. The molecule has 0 spiro atoms. The van der Waals surface area contributed by atoms with E-state index in [2.05, 4.69) is 41.9 Å². The number of benzene rings is 2. The summed E-state index contributed by atoms with van der Waals surface area (Å²) >= 11 is 0. The smallest absolute Gasteiger partial charge is 0.220 e. The Balaban J connectivity index is 1.63. The van der Waals surface area contributed by atoms with Crippen LogP contribution in [0.1, 0.15) is 56.1 Å². The number of nitrogens with zero attached hydrogens (tertiary/aromatic N) is 2. The fraction of sp³-hybridized carbons (Fsp3) is 0.417. The number of imidazole rings is 1. The van der Waals surface area contributed by atoms with Gasteiger partial charge in [0.15, 0.2) is 0 Å². The summed E-state index contributed by atoms with van der Waals surface area (Å²) in [6.45, 7) is 9.60. The highest BCUT2D eigenvalue weighted by molar-refractivity contribution is 5.77. The number of carbonyl (C=O) groups excluding carboxylic acids is 1. The van der Waals surface area contributed by atoms with Crippen molar-refractivity contribution in [3.05, 3.63) is 59.4 Å². The van der Waals surface area contributed by atoms with Crippen LogP contribution in [0.5, 0.6) is 5.75 Å². The standard InChI is InChI=1S/C24H31N3O2/c1-5-23(28)25-19(4)24-26-21-10-6-7-11-22(21)27(24)14-8-9-15-29-20-13-12-17(2)18(3)16-20/h6-7,10-13,16,19H,5,8-9,14-15H2,1-4H3,(H,25,28). The van der Waals surface area contributed by atoms with Crippen LogP contribution in [0.3, 0.4) is 0 Å². The van der Waals surface area contributed by atoms with Crippen LogP contribution in [0.25, 0.3) is 11.0 Å². The summed E-state index contributed by atoms with van der Waals surface area (Å²) in [6, 6.07) is 14.2. The summed E-state index contributed by atoms with van der Waals surface area (Å²) in [5.74, 6) is 1.87. The molecule has 0 radical (unpaired) electrons. The van der Waals surface area contributed by atoms with Crippen LogP contribution in [-0.2, 0) is 11.3 Å². The summed E-state index contributed by atoms with van der Waals surface area (Å²) in [6.07, 6.45) is 2.40. The second-order valence-electron chi connectivity index (χ2n) is 7.55. The molecule has 1 heterocycles. The summed E-state index contributed by atoms with van der Waals surface area (Å²) < 4.78 is 8.14. The van der Waals surface area contributed by atoms with Gasteiger partial charge in [0.1, 0.15) is 11.6 Å². The molecule has 0 aliphatic rings. The van der Waals surface area contributed by atoms with Crippen LogP contribution >= 0.6 is 0 Å². The van der Waals surface area contributed by atoms with Crippen LogP contribution in [0, 0.1) is 13.8 Å². The Morgan fingerprint density at radius 1 is 1.14 bits per heavy atom. The van der Waals surface area contributed by atoms with Gasteiger partial charge in [-0.25, -0.2) is 4.98 Å². The second-order valence-corrected chi connectivity index (χ2v) is 7.55. The first-order valence-electron chi connectivity index (χ1n) is 10.4. The molecular formula is C24H31N3O2. The molecule has 1 atom stereocenters. The maximum Gasteiger partial charge on any atom is 0.220 e. The van der Waals surface area contributed by atoms with Crippen LogP contribution < -0.4 is 10.1 Å². The van der Waals surface area contributed by atoms with Gasteiger partial charge in [-0.1, -0.05) is 25.1 Å². The van der Waals surface area contributed by atoms with Crippen molar-refractivity contribution >= 4 is 16.9 Å². The zero-order valence-corrected chi connectivity index (χ0v) is 17.9. The predicted molar refractivity (Wildman–Crippen MR) is 117 cm³/mol. The number of para-hydroxylation sites is 2. The summed E-state index contributed by atoms with van der Waals surface area (Å²) in [7, 11) is 0. The van der Waals surface area contributed by atoms with Crippen molar-refractivity contribution in [2.24, 2.45) is 0 Å².